The van der Waals surface area contributed by atoms with Crippen molar-refractivity contribution in [3.63, 3.8) is 0 Å². The molecular formula is C8H4Br2ClF3O. The second-order valence-corrected chi connectivity index (χ2v) is 4.83. The largest absolute Gasteiger partial charge is 0.418 e. The van der Waals surface area contributed by atoms with Crippen molar-refractivity contribution in [2.45, 2.75) is 12.3 Å². The Balaban J connectivity index is 3.17. The molecule has 0 radical (unpaired) electrons. The van der Waals surface area contributed by atoms with Crippen LogP contribution >= 0.6 is 43.5 Å². The van der Waals surface area contributed by atoms with Gasteiger partial charge in [-0.3, -0.25) is 0 Å². The molecule has 0 heterocycles. The second kappa shape index (κ2) is 4.61. The first kappa shape index (κ1) is 13.3. The maximum absolute atomic E-state index is 12.2. The summed E-state index contributed by atoms with van der Waals surface area (Å²) in [5, 5.41) is 9.24. The fourth-order valence-corrected chi connectivity index (χ4v) is 2.25. The molecule has 0 aromatic heterocycles. The Labute approximate surface area is 105 Å². The van der Waals surface area contributed by atoms with E-state index in [9.17, 15) is 13.2 Å². The van der Waals surface area contributed by atoms with E-state index in [4.69, 9.17) is 16.7 Å². The summed E-state index contributed by atoms with van der Waals surface area (Å²) in [5.41, 5.74) is -0.273. The van der Waals surface area contributed by atoms with E-state index in [-0.39, 0.29) is 19.5 Å². The lowest BCUT2D eigenvalue weighted by Crippen LogP contribution is -2.20. The van der Waals surface area contributed by atoms with Crippen molar-refractivity contribution in [1.29, 1.82) is 0 Å². The van der Waals surface area contributed by atoms with Crippen LogP contribution < -0.4 is 0 Å². The van der Waals surface area contributed by atoms with Crippen molar-refractivity contribution in [2.24, 2.45) is 0 Å². The lowest BCUT2D eigenvalue weighted by atomic mass is 10.1. The smallest absolute Gasteiger partial charge is 0.379 e. The summed E-state index contributed by atoms with van der Waals surface area (Å²) < 4.78 is 37.1. The van der Waals surface area contributed by atoms with Gasteiger partial charge in [-0.2, -0.15) is 13.2 Å². The fourth-order valence-electron chi connectivity index (χ4n) is 0.922. The van der Waals surface area contributed by atoms with E-state index in [0.717, 1.165) is 12.1 Å². The first-order valence-corrected chi connectivity index (χ1v) is 5.59. The zero-order valence-corrected chi connectivity index (χ0v) is 10.9. The average molecular weight is 368 g/mol. The van der Waals surface area contributed by atoms with Crippen molar-refractivity contribution in [1.82, 2.24) is 0 Å². The van der Waals surface area contributed by atoms with Crippen LogP contribution in [-0.2, 0) is 0 Å². The van der Waals surface area contributed by atoms with E-state index in [1.165, 1.54) is 0 Å². The summed E-state index contributed by atoms with van der Waals surface area (Å²) in [6.07, 6.45) is -7.20. The molecule has 0 aliphatic carbocycles. The minimum Gasteiger partial charge on any atom is -0.379 e. The number of aliphatic hydroxyl groups is 1. The molecule has 1 aromatic carbocycles. The minimum atomic E-state index is -4.69. The second-order valence-electron chi connectivity index (χ2n) is 2.74. The topological polar surface area (TPSA) is 20.2 Å². The third kappa shape index (κ3) is 3.09. The Hall–Kier alpha value is 0.220. The van der Waals surface area contributed by atoms with Gasteiger partial charge in [-0.05, 0) is 49.6 Å². The number of halogens is 6. The summed E-state index contributed by atoms with van der Waals surface area (Å²) in [5.74, 6) is 0. The highest BCUT2D eigenvalue weighted by molar-refractivity contribution is 9.11. The van der Waals surface area contributed by atoms with Crippen LogP contribution in [0.1, 0.15) is 11.7 Å². The van der Waals surface area contributed by atoms with Gasteiger partial charge in [0, 0.05) is 8.95 Å². The molecule has 1 unspecified atom stereocenters. The van der Waals surface area contributed by atoms with Crippen LogP contribution in [0.5, 0.6) is 0 Å². The number of hydrogen-bond donors (Lipinski definition) is 1. The van der Waals surface area contributed by atoms with Gasteiger partial charge in [-0.1, -0.05) is 11.6 Å². The maximum Gasteiger partial charge on any atom is 0.418 e. The van der Waals surface area contributed by atoms with Gasteiger partial charge in [0.25, 0.3) is 0 Å². The summed E-state index contributed by atoms with van der Waals surface area (Å²) in [6, 6.07) is 2.26. The third-order valence-electron chi connectivity index (χ3n) is 1.63. The monoisotopic (exact) mass is 366 g/mol. The van der Waals surface area contributed by atoms with E-state index >= 15 is 0 Å². The highest BCUT2D eigenvalue weighted by Gasteiger charge is 2.39. The van der Waals surface area contributed by atoms with Crippen LogP contribution in [0.15, 0.2) is 21.1 Å². The van der Waals surface area contributed by atoms with Gasteiger partial charge in [0.15, 0.2) is 6.10 Å². The molecule has 0 amide bonds. The van der Waals surface area contributed by atoms with Gasteiger partial charge in [-0.15, -0.1) is 0 Å². The van der Waals surface area contributed by atoms with Crippen molar-refractivity contribution in [3.8, 4) is 0 Å². The number of benzene rings is 1. The molecule has 0 saturated heterocycles. The molecule has 7 heteroatoms. The summed E-state index contributed by atoms with van der Waals surface area (Å²) in [7, 11) is 0. The number of rotatable bonds is 1. The van der Waals surface area contributed by atoms with Crippen molar-refractivity contribution in [2.75, 3.05) is 0 Å². The van der Waals surface area contributed by atoms with Gasteiger partial charge in [0.1, 0.15) is 0 Å². The molecule has 1 aromatic rings. The summed E-state index contributed by atoms with van der Waals surface area (Å²) in [6.45, 7) is 0. The molecule has 1 rings (SSSR count). The van der Waals surface area contributed by atoms with Crippen LogP contribution in [0, 0.1) is 0 Å². The highest BCUT2D eigenvalue weighted by Crippen LogP contribution is 2.38. The molecular weight excluding hydrogens is 364 g/mol. The Morgan fingerprint density at radius 3 is 1.93 bits per heavy atom. The van der Waals surface area contributed by atoms with Crippen LogP contribution in [0.3, 0.4) is 0 Å². The zero-order chi connectivity index (χ0) is 11.8. The molecule has 1 atom stereocenters. The Morgan fingerprint density at radius 2 is 1.60 bits per heavy atom. The Morgan fingerprint density at radius 1 is 1.20 bits per heavy atom. The standard InChI is InChI=1S/C8H4Br2ClF3O/c9-4-1-3(2-5(10)6(4)11)7(15)8(12,13)14/h1-2,7,15H. The van der Waals surface area contributed by atoms with Gasteiger partial charge in [-0.25, -0.2) is 0 Å². The molecule has 0 spiro atoms. The molecule has 0 saturated carbocycles. The summed E-state index contributed by atoms with van der Waals surface area (Å²) in [4.78, 5) is 0. The first-order valence-electron chi connectivity index (χ1n) is 3.62. The Kier molecular flexibility index (Phi) is 4.08. The quantitative estimate of drug-likeness (QED) is 0.726. The summed E-state index contributed by atoms with van der Waals surface area (Å²) >= 11 is 11.7. The molecule has 1 nitrogen and oxygen atoms in total. The number of aliphatic hydroxyl groups excluding tert-OH is 1. The van der Waals surface area contributed by atoms with Crippen LogP contribution in [0.25, 0.3) is 0 Å². The highest BCUT2D eigenvalue weighted by atomic mass is 79.9. The molecule has 0 fully saturated rings. The Bertz CT molecular complexity index is 358. The third-order valence-corrected chi connectivity index (χ3v) is 3.75. The van der Waals surface area contributed by atoms with Crippen molar-refractivity contribution >= 4 is 43.5 Å². The molecule has 0 bridgehead atoms. The molecule has 1 N–H and O–H groups in total. The number of hydrogen-bond acceptors (Lipinski definition) is 1. The lowest BCUT2D eigenvalue weighted by Gasteiger charge is -2.15. The van der Waals surface area contributed by atoms with Gasteiger partial charge >= 0.3 is 6.18 Å². The van der Waals surface area contributed by atoms with Gasteiger partial charge in [0.05, 0.1) is 5.02 Å². The zero-order valence-electron chi connectivity index (χ0n) is 6.95. The molecule has 0 aliphatic heterocycles. The normalized spacial score (nSPS) is 14.1. The van der Waals surface area contributed by atoms with E-state index in [1.807, 2.05) is 0 Å². The molecule has 15 heavy (non-hydrogen) atoms. The van der Waals surface area contributed by atoms with E-state index in [1.54, 1.807) is 0 Å². The van der Waals surface area contributed by atoms with Gasteiger partial charge in [0.2, 0.25) is 0 Å². The molecule has 0 aliphatic rings. The first-order chi connectivity index (χ1) is 6.73. The van der Waals surface area contributed by atoms with Crippen molar-refractivity contribution < 1.29 is 18.3 Å². The maximum atomic E-state index is 12.2. The predicted octanol–water partition coefficient (Wildman–Crippen LogP) is 4.46. The van der Waals surface area contributed by atoms with Crippen LogP contribution in [0.2, 0.25) is 5.02 Å². The fraction of sp³-hybridized carbons (Fsp3) is 0.250. The van der Waals surface area contributed by atoms with E-state index < -0.39 is 12.3 Å². The van der Waals surface area contributed by atoms with E-state index in [0.29, 0.717) is 0 Å². The van der Waals surface area contributed by atoms with E-state index in [2.05, 4.69) is 31.9 Å². The van der Waals surface area contributed by atoms with Crippen LogP contribution in [0.4, 0.5) is 13.2 Å². The number of alkyl halides is 3. The lowest BCUT2D eigenvalue weighted by molar-refractivity contribution is -0.206. The van der Waals surface area contributed by atoms with Gasteiger partial charge < -0.3 is 5.11 Å². The SMILES string of the molecule is OC(c1cc(Br)c(Cl)c(Br)c1)C(F)(F)F. The predicted molar refractivity (Wildman–Crippen MR) is 57.9 cm³/mol. The minimum absolute atomic E-state index is 0.258. The van der Waals surface area contributed by atoms with Crippen molar-refractivity contribution in [3.05, 3.63) is 31.7 Å². The van der Waals surface area contributed by atoms with Crippen LogP contribution in [-0.4, -0.2) is 11.3 Å². The molecule has 84 valence electrons. The average Bonchev–Trinajstić information content (AvgIpc) is 2.10.